The average molecular weight is 279 g/mol. The van der Waals surface area contributed by atoms with Gasteiger partial charge in [-0.25, -0.2) is 0 Å². The van der Waals surface area contributed by atoms with E-state index >= 15 is 0 Å². The van der Waals surface area contributed by atoms with E-state index in [1.165, 1.54) is 0 Å². The number of hydrogen-bond donors (Lipinski definition) is 0. The fourth-order valence-corrected chi connectivity index (χ4v) is 2.23. The van der Waals surface area contributed by atoms with Gasteiger partial charge in [-0.05, 0) is 38.5 Å². The lowest BCUT2D eigenvalue weighted by atomic mass is 9.94. The Labute approximate surface area is 117 Å². The maximum Gasteiger partial charge on any atom is 0.212 e. The number of Topliss-reactive ketones (excluding diaryl/α,β-unsaturated/α-hetero) is 2. The molecule has 0 saturated carbocycles. The topological polar surface area (TPSA) is 43.4 Å². The molecule has 1 aliphatic rings. The Morgan fingerprint density at radius 1 is 1.11 bits per heavy atom. The predicted octanol–water partition coefficient (Wildman–Crippen LogP) is 3.27. The largest absolute Gasteiger partial charge is 0.487 e. The Kier molecular flexibility index (Phi) is 3.76. The van der Waals surface area contributed by atoms with E-state index in [1.807, 2.05) is 13.8 Å². The second kappa shape index (κ2) is 5.17. The van der Waals surface area contributed by atoms with Gasteiger partial charge >= 0.3 is 0 Å². The zero-order valence-corrected chi connectivity index (χ0v) is 11.8. The van der Waals surface area contributed by atoms with Crippen molar-refractivity contribution >= 4 is 23.2 Å². The van der Waals surface area contributed by atoms with Crippen LogP contribution in [0.3, 0.4) is 0 Å². The molecule has 4 heteroatoms. The first-order chi connectivity index (χ1) is 8.91. The molecule has 0 N–H and O–H groups in total. The minimum atomic E-state index is -0.786. The molecule has 1 aromatic rings. The van der Waals surface area contributed by atoms with Gasteiger partial charge in [0.1, 0.15) is 5.92 Å². The molecule has 0 bridgehead atoms. The standard InChI is InChI=1S/C15H15ClO3/c1-8(2)19-15-9(3)13(17)12(14(15)18)10-4-6-11(16)7-5-10/h4-8,12H,1-3H3. The Hall–Kier alpha value is -1.61. The van der Waals surface area contributed by atoms with Crippen LogP contribution in [0.25, 0.3) is 0 Å². The van der Waals surface area contributed by atoms with Gasteiger partial charge in [0.2, 0.25) is 5.78 Å². The van der Waals surface area contributed by atoms with Gasteiger partial charge in [-0.15, -0.1) is 0 Å². The molecule has 3 nitrogen and oxygen atoms in total. The SMILES string of the molecule is CC1=C(OC(C)C)C(=O)C(c2ccc(Cl)cc2)C1=O. The van der Waals surface area contributed by atoms with Crippen LogP contribution in [0.2, 0.25) is 5.02 Å². The first kappa shape index (κ1) is 13.8. The summed E-state index contributed by atoms with van der Waals surface area (Å²) in [7, 11) is 0. The van der Waals surface area contributed by atoms with Crippen LogP contribution in [0, 0.1) is 0 Å². The van der Waals surface area contributed by atoms with Crippen molar-refractivity contribution in [2.75, 3.05) is 0 Å². The number of ether oxygens (including phenoxy) is 1. The van der Waals surface area contributed by atoms with Crippen LogP contribution in [0.5, 0.6) is 0 Å². The molecule has 0 spiro atoms. The van der Waals surface area contributed by atoms with E-state index < -0.39 is 5.92 Å². The molecule has 2 rings (SSSR count). The van der Waals surface area contributed by atoms with E-state index in [0.29, 0.717) is 16.2 Å². The van der Waals surface area contributed by atoms with Crippen LogP contribution in [-0.2, 0) is 14.3 Å². The number of benzene rings is 1. The lowest BCUT2D eigenvalue weighted by Gasteiger charge is -2.11. The van der Waals surface area contributed by atoms with Gasteiger partial charge in [-0.2, -0.15) is 0 Å². The van der Waals surface area contributed by atoms with E-state index in [2.05, 4.69) is 0 Å². The second-order valence-electron chi connectivity index (χ2n) is 4.83. The molecule has 1 atom stereocenters. The zero-order valence-electron chi connectivity index (χ0n) is 11.1. The highest BCUT2D eigenvalue weighted by Crippen LogP contribution is 2.34. The van der Waals surface area contributed by atoms with Gasteiger partial charge in [-0.1, -0.05) is 23.7 Å². The number of ketones is 2. The van der Waals surface area contributed by atoms with Crippen LogP contribution in [0.4, 0.5) is 0 Å². The van der Waals surface area contributed by atoms with Crippen molar-refractivity contribution in [3.05, 3.63) is 46.2 Å². The number of carbonyl (C=O) groups excluding carboxylic acids is 2. The van der Waals surface area contributed by atoms with Crippen LogP contribution in [0.1, 0.15) is 32.3 Å². The van der Waals surface area contributed by atoms with Crippen molar-refractivity contribution in [1.82, 2.24) is 0 Å². The average Bonchev–Trinajstić information content (AvgIpc) is 2.55. The Morgan fingerprint density at radius 3 is 2.21 bits per heavy atom. The van der Waals surface area contributed by atoms with Crippen molar-refractivity contribution in [3.8, 4) is 0 Å². The van der Waals surface area contributed by atoms with Gasteiger partial charge < -0.3 is 4.74 Å². The first-order valence-electron chi connectivity index (χ1n) is 6.13. The molecule has 1 aliphatic carbocycles. The summed E-state index contributed by atoms with van der Waals surface area (Å²) < 4.78 is 5.46. The van der Waals surface area contributed by atoms with Gasteiger partial charge in [-0.3, -0.25) is 9.59 Å². The molecule has 0 radical (unpaired) electrons. The van der Waals surface area contributed by atoms with Gasteiger partial charge in [0.05, 0.1) is 6.10 Å². The van der Waals surface area contributed by atoms with Crippen LogP contribution in [-0.4, -0.2) is 17.7 Å². The number of halogens is 1. The molecular weight excluding hydrogens is 264 g/mol. The van der Waals surface area contributed by atoms with Crippen LogP contribution in [0.15, 0.2) is 35.6 Å². The summed E-state index contributed by atoms with van der Waals surface area (Å²) in [6.07, 6.45) is -0.134. The highest BCUT2D eigenvalue weighted by atomic mass is 35.5. The summed E-state index contributed by atoms with van der Waals surface area (Å²) in [5, 5.41) is 0.574. The normalized spacial score (nSPS) is 19.5. The maximum absolute atomic E-state index is 12.3. The molecule has 1 aromatic carbocycles. The van der Waals surface area contributed by atoms with E-state index in [4.69, 9.17) is 16.3 Å². The minimum absolute atomic E-state index is 0.134. The smallest absolute Gasteiger partial charge is 0.212 e. The van der Waals surface area contributed by atoms with Gasteiger partial charge in [0.15, 0.2) is 11.5 Å². The molecule has 0 saturated heterocycles. The summed E-state index contributed by atoms with van der Waals surface area (Å²) >= 11 is 5.81. The fourth-order valence-electron chi connectivity index (χ4n) is 2.10. The summed E-state index contributed by atoms with van der Waals surface area (Å²) in [5.41, 5.74) is 1.06. The van der Waals surface area contributed by atoms with E-state index in [-0.39, 0.29) is 23.4 Å². The third-order valence-corrected chi connectivity index (χ3v) is 3.27. The van der Waals surface area contributed by atoms with E-state index in [9.17, 15) is 9.59 Å². The van der Waals surface area contributed by atoms with E-state index in [1.54, 1.807) is 31.2 Å². The Bertz CT molecular complexity index is 555. The zero-order chi connectivity index (χ0) is 14.2. The fraction of sp³-hybridized carbons (Fsp3) is 0.333. The van der Waals surface area contributed by atoms with Gasteiger partial charge in [0, 0.05) is 10.6 Å². The highest BCUT2D eigenvalue weighted by Gasteiger charge is 2.41. The molecule has 0 aliphatic heterocycles. The lowest BCUT2D eigenvalue weighted by molar-refractivity contribution is -0.124. The first-order valence-corrected chi connectivity index (χ1v) is 6.51. The predicted molar refractivity (Wildman–Crippen MR) is 73.1 cm³/mol. The molecule has 19 heavy (non-hydrogen) atoms. The Balaban J connectivity index is 2.34. The summed E-state index contributed by atoms with van der Waals surface area (Å²) in [5.74, 6) is -1.05. The van der Waals surface area contributed by atoms with Crippen molar-refractivity contribution in [2.24, 2.45) is 0 Å². The number of carbonyl (C=O) groups is 2. The Morgan fingerprint density at radius 2 is 1.68 bits per heavy atom. The van der Waals surface area contributed by atoms with Crippen molar-refractivity contribution in [1.29, 1.82) is 0 Å². The third-order valence-electron chi connectivity index (χ3n) is 3.02. The molecule has 100 valence electrons. The maximum atomic E-state index is 12.3. The molecule has 0 amide bonds. The minimum Gasteiger partial charge on any atom is -0.487 e. The molecule has 0 aromatic heterocycles. The third kappa shape index (κ3) is 2.56. The van der Waals surface area contributed by atoms with Gasteiger partial charge in [0.25, 0.3) is 0 Å². The number of rotatable bonds is 3. The van der Waals surface area contributed by atoms with Crippen LogP contribution < -0.4 is 0 Å². The molecule has 0 fully saturated rings. The summed E-state index contributed by atoms with van der Waals surface area (Å²) in [6.45, 7) is 5.29. The monoisotopic (exact) mass is 278 g/mol. The lowest BCUT2D eigenvalue weighted by Crippen LogP contribution is -2.17. The second-order valence-corrected chi connectivity index (χ2v) is 5.27. The molecular formula is C15H15ClO3. The number of allylic oxidation sites excluding steroid dienone is 2. The molecule has 0 heterocycles. The van der Waals surface area contributed by atoms with Crippen LogP contribution >= 0.6 is 11.6 Å². The summed E-state index contributed by atoms with van der Waals surface area (Å²) in [4.78, 5) is 24.5. The van der Waals surface area contributed by atoms with Crippen molar-refractivity contribution in [3.63, 3.8) is 0 Å². The van der Waals surface area contributed by atoms with Crippen molar-refractivity contribution in [2.45, 2.75) is 32.8 Å². The summed E-state index contributed by atoms with van der Waals surface area (Å²) in [6, 6.07) is 6.75. The quantitative estimate of drug-likeness (QED) is 0.797. The number of hydrogen-bond acceptors (Lipinski definition) is 3. The molecule has 1 unspecified atom stereocenters. The van der Waals surface area contributed by atoms with Crippen molar-refractivity contribution < 1.29 is 14.3 Å². The highest BCUT2D eigenvalue weighted by molar-refractivity contribution is 6.30. The van der Waals surface area contributed by atoms with E-state index in [0.717, 1.165) is 0 Å².